The Labute approximate surface area is 173 Å². The van der Waals surface area contributed by atoms with Crippen molar-refractivity contribution in [1.29, 1.82) is 0 Å². The highest BCUT2D eigenvalue weighted by atomic mass is 35.5. The van der Waals surface area contributed by atoms with Gasteiger partial charge in [-0.05, 0) is 54.1 Å². The van der Waals surface area contributed by atoms with E-state index in [9.17, 15) is 4.79 Å². The topological polar surface area (TPSA) is 48.7 Å². The summed E-state index contributed by atoms with van der Waals surface area (Å²) in [7, 11) is 3.20. The van der Waals surface area contributed by atoms with Crippen molar-refractivity contribution in [1.82, 2.24) is 0 Å². The lowest BCUT2D eigenvalue weighted by atomic mass is 10.0. The number of Topliss-reactive ketones (excluding diaryl/α,β-unsaturated/α-hetero) is 1. The Hall–Kier alpha value is -2.37. The first-order valence-electron chi connectivity index (χ1n) is 8.75. The van der Waals surface area contributed by atoms with Crippen molar-refractivity contribution in [2.45, 2.75) is 17.4 Å². The number of methoxy groups -OCH3 is 2. The smallest absolute Gasteiger partial charge is 0.164 e. The number of halogens is 1. The van der Waals surface area contributed by atoms with Crippen LogP contribution in [-0.4, -0.2) is 20.0 Å². The molecule has 4 nitrogen and oxygen atoms in total. The van der Waals surface area contributed by atoms with E-state index in [1.807, 2.05) is 30.3 Å². The molecular formula is C22H21ClO4S. The van der Waals surface area contributed by atoms with Gasteiger partial charge in [0.25, 0.3) is 0 Å². The van der Waals surface area contributed by atoms with Gasteiger partial charge in [0.05, 0.1) is 26.2 Å². The van der Waals surface area contributed by atoms with Crippen LogP contribution in [-0.2, 0) is 5.75 Å². The monoisotopic (exact) mass is 416 g/mol. The molecule has 6 heteroatoms. The molecule has 0 radical (unpaired) electrons. The number of hydrogen-bond acceptors (Lipinski definition) is 5. The Morgan fingerprint density at radius 1 is 1.07 bits per heavy atom. The number of thioether (sulfide) groups is 1. The fourth-order valence-electron chi connectivity index (χ4n) is 2.83. The Morgan fingerprint density at radius 2 is 1.82 bits per heavy atom. The number of benzene rings is 2. The molecule has 3 rings (SSSR count). The van der Waals surface area contributed by atoms with Gasteiger partial charge in [-0.15, -0.1) is 11.8 Å². The molecule has 0 aliphatic carbocycles. The average molecular weight is 417 g/mol. The van der Waals surface area contributed by atoms with Gasteiger partial charge < -0.3 is 13.9 Å². The summed E-state index contributed by atoms with van der Waals surface area (Å²) in [6.45, 7) is 0. The van der Waals surface area contributed by atoms with E-state index in [0.29, 0.717) is 34.3 Å². The maximum absolute atomic E-state index is 12.8. The Balaban J connectivity index is 1.83. The molecule has 3 aromatic rings. The SMILES string of the molecule is COc1ccc([C@@H](CC(=O)c2ccc(Cl)cc2)SCc2ccco2)cc1OC. The summed E-state index contributed by atoms with van der Waals surface area (Å²) in [6, 6.07) is 16.5. The van der Waals surface area contributed by atoms with E-state index >= 15 is 0 Å². The normalized spacial score (nSPS) is 11.8. The number of hydrogen-bond donors (Lipinski definition) is 0. The minimum absolute atomic E-state index is 0.0587. The van der Waals surface area contributed by atoms with Gasteiger partial charge >= 0.3 is 0 Å². The standard InChI is InChI=1S/C22H21ClO4S/c1-25-20-10-7-16(12-21(20)26-2)22(28-14-18-4-3-11-27-18)13-19(24)15-5-8-17(23)9-6-15/h3-12,22H,13-14H2,1-2H3/t22-/m1/s1. The van der Waals surface area contributed by atoms with Gasteiger partial charge in [0.1, 0.15) is 5.76 Å². The lowest BCUT2D eigenvalue weighted by Gasteiger charge is -2.18. The quantitative estimate of drug-likeness (QED) is 0.389. The summed E-state index contributed by atoms with van der Waals surface area (Å²) < 4.78 is 16.2. The predicted molar refractivity (Wildman–Crippen MR) is 113 cm³/mol. The molecule has 0 fully saturated rings. The fourth-order valence-corrected chi connectivity index (χ4v) is 4.09. The molecule has 1 atom stereocenters. The Kier molecular flexibility index (Phi) is 7.06. The summed E-state index contributed by atoms with van der Waals surface area (Å²) in [5.74, 6) is 2.89. The van der Waals surface area contributed by atoms with E-state index in [1.54, 1.807) is 56.5 Å². The highest BCUT2D eigenvalue weighted by molar-refractivity contribution is 7.98. The van der Waals surface area contributed by atoms with Crippen molar-refractivity contribution < 1.29 is 18.7 Å². The molecule has 1 aromatic heterocycles. The van der Waals surface area contributed by atoms with E-state index in [1.165, 1.54) is 0 Å². The molecule has 0 amide bonds. The third kappa shape index (κ3) is 5.12. The fraction of sp³-hybridized carbons (Fsp3) is 0.227. The number of ketones is 1. The zero-order chi connectivity index (χ0) is 19.9. The van der Waals surface area contributed by atoms with Crippen LogP contribution in [0.5, 0.6) is 11.5 Å². The summed E-state index contributed by atoms with van der Waals surface area (Å²) in [4.78, 5) is 12.8. The van der Waals surface area contributed by atoms with Crippen LogP contribution < -0.4 is 9.47 Å². The second-order valence-corrected chi connectivity index (χ2v) is 7.76. The molecule has 0 aliphatic rings. The van der Waals surface area contributed by atoms with E-state index in [0.717, 1.165) is 11.3 Å². The van der Waals surface area contributed by atoms with E-state index in [-0.39, 0.29) is 11.0 Å². The molecule has 0 unspecified atom stereocenters. The van der Waals surface area contributed by atoms with Gasteiger partial charge in [0, 0.05) is 22.3 Å². The highest BCUT2D eigenvalue weighted by Crippen LogP contribution is 2.39. The minimum atomic E-state index is -0.0620. The summed E-state index contributed by atoms with van der Waals surface area (Å²) in [5, 5.41) is 0.549. The van der Waals surface area contributed by atoms with Gasteiger partial charge in [0.2, 0.25) is 0 Å². The molecule has 0 saturated carbocycles. The van der Waals surface area contributed by atoms with E-state index < -0.39 is 0 Å². The van der Waals surface area contributed by atoms with E-state index in [4.69, 9.17) is 25.5 Å². The number of ether oxygens (including phenoxy) is 2. The minimum Gasteiger partial charge on any atom is -0.493 e. The number of carbonyl (C=O) groups excluding carboxylic acids is 1. The van der Waals surface area contributed by atoms with Crippen molar-refractivity contribution >= 4 is 29.1 Å². The maximum Gasteiger partial charge on any atom is 0.164 e. The van der Waals surface area contributed by atoms with Crippen molar-refractivity contribution in [3.63, 3.8) is 0 Å². The molecule has 0 saturated heterocycles. The number of furan rings is 1. The van der Waals surface area contributed by atoms with Crippen LogP contribution >= 0.6 is 23.4 Å². The van der Waals surface area contributed by atoms with Crippen molar-refractivity contribution in [3.8, 4) is 11.5 Å². The molecule has 0 N–H and O–H groups in total. The molecule has 28 heavy (non-hydrogen) atoms. The lowest BCUT2D eigenvalue weighted by Crippen LogP contribution is -2.06. The van der Waals surface area contributed by atoms with Crippen molar-refractivity contribution in [2.24, 2.45) is 0 Å². The molecule has 1 heterocycles. The second kappa shape index (κ2) is 9.71. The molecule has 0 bridgehead atoms. The third-order valence-corrected chi connectivity index (χ3v) is 5.87. The van der Waals surface area contributed by atoms with Crippen LogP contribution in [0.2, 0.25) is 5.02 Å². The van der Waals surface area contributed by atoms with Gasteiger partial charge in [-0.1, -0.05) is 17.7 Å². The first-order chi connectivity index (χ1) is 13.6. The first-order valence-corrected chi connectivity index (χ1v) is 10.2. The summed E-state index contributed by atoms with van der Waals surface area (Å²) in [5.41, 5.74) is 1.64. The first kappa shape index (κ1) is 20.4. The van der Waals surface area contributed by atoms with Crippen LogP contribution in [0.1, 0.15) is 33.4 Å². The van der Waals surface area contributed by atoms with Crippen LogP contribution in [0.4, 0.5) is 0 Å². The van der Waals surface area contributed by atoms with Crippen LogP contribution in [0.3, 0.4) is 0 Å². The molecule has 0 aliphatic heterocycles. The van der Waals surface area contributed by atoms with Crippen LogP contribution in [0, 0.1) is 0 Å². The molecular weight excluding hydrogens is 396 g/mol. The Morgan fingerprint density at radius 3 is 2.46 bits per heavy atom. The largest absolute Gasteiger partial charge is 0.493 e. The number of carbonyl (C=O) groups is 1. The molecule has 0 spiro atoms. The maximum atomic E-state index is 12.8. The molecule has 2 aromatic carbocycles. The van der Waals surface area contributed by atoms with Crippen molar-refractivity contribution in [3.05, 3.63) is 82.8 Å². The summed E-state index contributed by atoms with van der Waals surface area (Å²) >= 11 is 7.59. The van der Waals surface area contributed by atoms with Gasteiger partial charge in [-0.2, -0.15) is 0 Å². The van der Waals surface area contributed by atoms with Crippen LogP contribution in [0.15, 0.2) is 65.3 Å². The lowest BCUT2D eigenvalue weighted by molar-refractivity contribution is 0.0982. The van der Waals surface area contributed by atoms with Gasteiger partial charge in [-0.3, -0.25) is 4.79 Å². The van der Waals surface area contributed by atoms with Crippen LogP contribution in [0.25, 0.3) is 0 Å². The van der Waals surface area contributed by atoms with Gasteiger partial charge in [-0.25, -0.2) is 0 Å². The summed E-state index contributed by atoms with van der Waals surface area (Å²) in [6.07, 6.45) is 2.00. The number of rotatable bonds is 9. The highest BCUT2D eigenvalue weighted by Gasteiger charge is 2.20. The average Bonchev–Trinajstić information content (AvgIpc) is 3.24. The molecule has 146 valence electrons. The van der Waals surface area contributed by atoms with Gasteiger partial charge in [0.15, 0.2) is 17.3 Å². The second-order valence-electron chi connectivity index (χ2n) is 6.13. The van der Waals surface area contributed by atoms with E-state index in [2.05, 4.69) is 0 Å². The third-order valence-electron chi connectivity index (χ3n) is 4.32. The van der Waals surface area contributed by atoms with Crippen molar-refractivity contribution in [2.75, 3.05) is 14.2 Å². The Bertz CT molecular complexity index is 907. The predicted octanol–water partition coefficient (Wildman–Crippen LogP) is 6.20. The zero-order valence-electron chi connectivity index (χ0n) is 15.7. The zero-order valence-corrected chi connectivity index (χ0v) is 17.3.